The fourth-order valence-electron chi connectivity index (χ4n) is 3.88. The number of nitrogens with zero attached hydrogens (tertiary/aromatic N) is 1. The number of rotatable bonds is 11. The molecule has 0 spiro atoms. The summed E-state index contributed by atoms with van der Waals surface area (Å²) in [5.74, 6) is 0.277. The fraction of sp³-hybridized carbons (Fsp3) is 0.357. The van der Waals surface area contributed by atoms with Crippen LogP contribution in [0.3, 0.4) is 0 Å². The lowest BCUT2D eigenvalue weighted by molar-refractivity contribution is -0.142. The smallest absolute Gasteiger partial charge is 0.261 e. The Morgan fingerprint density at radius 2 is 1.68 bits per heavy atom. The maximum Gasteiger partial charge on any atom is 0.261 e. The van der Waals surface area contributed by atoms with E-state index in [9.17, 15) is 9.59 Å². The zero-order chi connectivity index (χ0) is 24.5. The molecular formula is C28H33BrN2O3. The van der Waals surface area contributed by atoms with Gasteiger partial charge in [0.2, 0.25) is 5.91 Å². The zero-order valence-corrected chi connectivity index (χ0v) is 21.7. The number of hydrogen-bond acceptors (Lipinski definition) is 3. The molecule has 0 fully saturated rings. The van der Waals surface area contributed by atoms with Gasteiger partial charge in [0.15, 0.2) is 6.61 Å². The third-order valence-electron chi connectivity index (χ3n) is 6.05. The Bertz CT molecular complexity index is 1100. The summed E-state index contributed by atoms with van der Waals surface area (Å²) < 4.78 is 6.76. The maximum absolute atomic E-state index is 13.4. The third kappa shape index (κ3) is 6.60. The number of hydrogen-bond donors (Lipinski definition) is 1. The highest BCUT2D eigenvalue weighted by atomic mass is 79.9. The Hall–Kier alpha value is -2.86. The van der Waals surface area contributed by atoms with Crippen molar-refractivity contribution in [2.75, 3.05) is 13.2 Å². The molecule has 2 amide bonds. The Morgan fingerprint density at radius 3 is 2.38 bits per heavy atom. The van der Waals surface area contributed by atoms with Crippen LogP contribution in [0.25, 0.3) is 10.8 Å². The molecule has 3 aromatic rings. The van der Waals surface area contributed by atoms with Crippen LogP contribution >= 0.6 is 15.9 Å². The van der Waals surface area contributed by atoms with E-state index in [-0.39, 0.29) is 24.5 Å². The summed E-state index contributed by atoms with van der Waals surface area (Å²) in [4.78, 5) is 28.1. The van der Waals surface area contributed by atoms with E-state index >= 15 is 0 Å². The van der Waals surface area contributed by atoms with E-state index in [0.717, 1.165) is 27.2 Å². The van der Waals surface area contributed by atoms with Crippen molar-refractivity contribution in [3.05, 3.63) is 76.8 Å². The number of benzene rings is 3. The Labute approximate surface area is 210 Å². The summed E-state index contributed by atoms with van der Waals surface area (Å²) >= 11 is 3.62. The van der Waals surface area contributed by atoms with Crippen LogP contribution in [-0.4, -0.2) is 41.9 Å². The number of amides is 2. The lowest BCUT2D eigenvalue weighted by Crippen LogP contribution is -2.52. The van der Waals surface area contributed by atoms with Gasteiger partial charge in [0.1, 0.15) is 11.8 Å². The first kappa shape index (κ1) is 25.8. The molecule has 0 aliphatic heterocycles. The summed E-state index contributed by atoms with van der Waals surface area (Å²) in [6.45, 7) is 6.24. The van der Waals surface area contributed by atoms with Gasteiger partial charge in [-0.05, 0) is 64.5 Å². The van der Waals surface area contributed by atoms with Crippen molar-refractivity contribution in [2.24, 2.45) is 0 Å². The van der Waals surface area contributed by atoms with Gasteiger partial charge in [-0.15, -0.1) is 0 Å². The van der Waals surface area contributed by atoms with Crippen molar-refractivity contribution < 1.29 is 14.3 Å². The van der Waals surface area contributed by atoms with Crippen molar-refractivity contribution in [1.82, 2.24) is 10.2 Å². The molecule has 0 saturated carbocycles. The second-order valence-corrected chi connectivity index (χ2v) is 9.25. The number of ether oxygens (including phenoxy) is 1. The number of carbonyl (C=O) groups excluding carboxylic acids is 2. The first-order chi connectivity index (χ1) is 16.4. The molecular weight excluding hydrogens is 492 g/mol. The number of nitrogens with one attached hydrogen (secondary N) is 1. The van der Waals surface area contributed by atoms with Crippen LogP contribution in [0.1, 0.15) is 39.2 Å². The number of halogens is 1. The lowest BCUT2D eigenvalue weighted by atomic mass is 10.1. The fourth-order valence-corrected chi connectivity index (χ4v) is 4.49. The summed E-state index contributed by atoms with van der Waals surface area (Å²) in [7, 11) is 0. The van der Waals surface area contributed by atoms with Crippen molar-refractivity contribution in [1.29, 1.82) is 0 Å². The first-order valence-electron chi connectivity index (χ1n) is 11.9. The largest absolute Gasteiger partial charge is 0.483 e. The molecule has 0 aromatic heterocycles. The monoisotopic (exact) mass is 524 g/mol. The number of fused-ring (bicyclic) bond motifs is 1. The molecule has 0 bridgehead atoms. The van der Waals surface area contributed by atoms with E-state index in [2.05, 4.69) is 21.2 Å². The minimum atomic E-state index is -0.547. The van der Waals surface area contributed by atoms with Gasteiger partial charge in [-0.2, -0.15) is 0 Å². The highest BCUT2D eigenvalue weighted by Crippen LogP contribution is 2.33. The van der Waals surface area contributed by atoms with Gasteiger partial charge < -0.3 is 15.0 Å². The van der Waals surface area contributed by atoms with Crippen LogP contribution in [0.15, 0.2) is 71.2 Å². The Morgan fingerprint density at radius 1 is 0.971 bits per heavy atom. The molecule has 34 heavy (non-hydrogen) atoms. The van der Waals surface area contributed by atoms with Crippen LogP contribution < -0.4 is 10.1 Å². The molecule has 5 nitrogen and oxygen atoms in total. The highest BCUT2D eigenvalue weighted by Gasteiger charge is 2.29. The molecule has 180 valence electrons. The maximum atomic E-state index is 13.4. The molecule has 3 rings (SSSR count). The standard InChI is InChI=1S/C28H33BrN2O3/c1-4-20(3)30-28(33)24(5-2)31(18-17-21-11-7-6-8-12-21)26(32)19-34-25-16-15-22-13-9-10-14-23(22)27(25)29/h6-16,20,24H,4-5,17-19H2,1-3H3,(H,30,33)/t20-,24+/m0/s1. The normalized spacial score (nSPS) is 12.7. The minimum absolute atomic E-state index is 0.0532. The summed E-state index contributed by atoms with van der Waals surface area (Å²) in [5.41, 5.74) is 1.12. The average molecular weight is 525 g/mol. The van der Waals surface area contributed by atoms with E-state index in [1.807, 2.05) is 87.5 Å². The predicted octanol–water partition coefficient (Wildman–Crippen LogP) is 5.75. The van der Waals surface area contributed by atoms with Gasteiger partial charge in [0, 0.05) is 12.6 Å². The first-order valence-corrected chi connectivity index (χ1v) is 12.7. The summed E-state index contributed by atoms with van der Waals surface area (Å²) in [5, 5.41) is 5.15. The molecule has 6 heteroatoms. The minimum Gasteiger partial charge on any atom is -0.483 e. The molecule has 0 heterocycles. The van der Waals surface area contributed by atoms with Crippen molar-refractivity contribution >= 4 is 38.5 Å². The highest BCUT2D eigenvalue weighted by molar-refractivity contribution is 9.10. The molecule has 1 N–H and O–H groups in total. The zero-order valence-electron chi connectivity index (χ0n) is 20.1. The van der Waals surface area contributed by atoms with Gasteiger partial charge in [-0.1, -0.05) is 74.5 Å². The van der Waals surface area contributed by atoms with E-state index < -0.39 is 6.04 Å². The van der Waals surface area contributed by atoms with Crippen molar-refractivity contribution in [3.63, 3.8) is 0 Å². The van der Waals surface area contributed by atoms with E-state index in [1.165, 1.54) is 0 Å². The molecule has 0 radical (unpaired) electrons. The van der Waals surface area contributed by atoms with Gasteiger partial charge in [0.05, 0.1) is 4.47 Å². The van der Waals surface area contributed by atoms with Crippen molar-refractivity contribution in [2.45, 2.75) is 52.1 Å². The van der Waals surface area contributed by atoms with Crippen LogP contribution in [0, 0.1) is 0 Å². The van der Waals surface area contributed by atoms with Crippen LogP contribution in [0.4, 0.5) is 0 Å². The second kappa shape index (κ2) is 12.6. The van der Waals surface area contributed by atoms with Gasteiger partial charge in [0.25, 0.3) is 5.91 Å². The molecule has 0 saturated heterocycles. The van der Waals surface area contributed by atoms with Crippen LogP contribution in [-0.2, 0) is 16.0 Å². The average Bonchev–Trinajstić information content (AvgIpc) is 2.86. The SMILES string of the molecule is CC[C@H](C(=O)N[C@@H](C)CC)N(CCc1ccccc1)C(=O)COc1ccc2ccccc2c1Br. The lowest BCUT2D eigenvalue weighted by Gasteiger charge is -2.31. The third-order valence-corrected chi connectivity index (χ3v) is 6.87. The number of carbonyl (C=O) groups is 2. The molecule has 0 aliphatic rings. The molecule has 3 aromatic carbocycles. The second-order valence-electron chi connectivity index (χ2n) is 8.45. The van der Waals surface area contributed by atoms with Crippen LogP contribution in [0.2, 0.25) is 0 Å². The predicted molar refractivity (Wildman–Crippen MR) is 141 cm³/mol. The molecule has 0 aliphatic carbocycles. The van der Waals surface area contributed by atoms with Gasteiger partial charge >= 0.3 is 0 Å². The van der Waals surface area contributed by atoms with Gasteiger partial charge in [-0.3, -0.25) is 9.59 Å². The van der Waals surface area contributed by atoms with E-state index in [4.69, 9.17) is 4.74 Å². The Kier molecular flexibility index (Phi) is 9.52. The van der Waals surface area contributed by atoms with E-state index in [0.29, 0.717) is 25.1 Å². The van der Waals surface area contributed by atoms with Crippen LogP contribution in [0.5, 0.6) is 5.75 Å². The summed E-state index contributed by atoms with van der Waals surface area (Å²) in [6, 6.07) is 21.3. The molecule has 2 atom stereocenters. The van der Waals surface area contributed by atoms with E-state index in [1.54, 1.807) is 4.90 Å². The Balaban J connectivity index is 1.77. The van der Waals surface area contributed by atoms with Crippen molar-refractivity contribution in [3.8, 4) is 5.75 Å². The topological polar surface area (TPSA) is 58.6 Å². The van der Waals surface area contributed by atoms with Gasteiger partial charge in [-0.25, -0.2) is 0 Å². The summed E-state index contributed by atoms with van der Waals surface area (Å²) in [6.07, 6.45) is 2.03. The molecule has 0 unspecified atom stereocenters. The quantitative estimate of drug-likeness (QED) is 0.347.